The van der Waals surface area contributed by atoms with Gasteiger partial charge in [0.25, 0.3) is 0 Å². The third-order valence-electron chi connectivity index (χ3n) is 2.95. The number of rotatable bonds is 8. The van der Waals surface area contributed by atoms with Gasteiger partial charge in [0, 0.05) is 6.04 Å². The van der Waals surface area contributed by atoms with E-state index < -0.39 is 16.1 Å². The van der Waals surface area contributed by atoms with E-state index in [1.54, 1.807) is 12.1 Å². The Morgan fingerprint density at radius 2 is 2.05 bits per heavy atom. The van der Waals surface area contributed by atoms with Gasteiger partial charge in [0.15, 0.2) is 0 Å². The van der Waals surface area contributed by atoms with Crippen LogP contribution in [0.2, 0.25) is 0 Å². The molecule has 0 aliphatic carbocycles. The van der Waals surface area contributed by atoms with Crippen molar-refractivity contribution in [2.24, 2.45) is 0 Å². The lowest BCUT2D eigenvalue weighted by molar-refractivity contribution is 0.254. The van der Waals surface area contributed by atoms with E-state index in [9.17, 15) is 8.42 Å². The van der Waals surface area contributed by atoms with E-state index in [2.05, 4.69) is 4.72 Å². The summed E-state index contributed by atoms with van der Waals surface area (Å²) in [6.45, 7) is 6.03. The third-order valence-corrected chi connectivity index (χ3v) is 4.47. The fourth-order valence-electron chi connectivity index (χ4n) is 1.70. The molecule has 1 aromatic carbocycles. The smallest absolute Gasteiger partial charge is 0.240 e. The molecular formula is C14H23NO4S. The first-order valence-corrected chi connectivity index (χ1v) is 8.29. The minimum absolute atomic E-state index is 0.186. The number of ether oxygens (including phenoxy) is 1. The van der Waals surface area contributed by atoms with Crippen molar-refractivity contribution < 1.29 is 18.3 Å². The van der Waals surface area contributed by atoms with Gasteiger partial charge in [0.2, 0.25) is 10.0 Å². The molecule has 0 saturated heterocycles. The highest BCUT2D eigenvalue weighted by atomic mass is 32.2. The van der Waals surface area contributed by atoms with Crippen LogP contribution in [0.15, 0.2) is 23.1 Å². The van der Waals surface area contributed by atoms with Crippen LogP contribution in [0.5, 0.6) is 5.75 Å². The summed E-state index contributed by atoms with van der Waals surface area (Å²) in [5.41, 5.74) is 0.776. The van der Waals surface area contributed by atoms with Gasteiger partial charge in [0.1, 0.15) is 5.75 Å². The monoisotopic (exact) mass is 301 g/mol. The van der Waals surface area contributed by atoms with Crippen molar-refractivity contribution in [3.8, 4) is 5.75 Å². The van der Waals surface area contributed by atoms with Crippen LogP contribution >= 0.6 is 0 Å². The molecule has 0 heterocycles. The van der Waals surface area contributed by atoms with E-state index in [1.807, 2.05) is 20.8 Å². The number of hydrogen-bond donors (Lipinski definition) is 2. The number of sulfonamides is 1. The SMILES string of the molecule is CCCOc1ccc(S(=O)(=O)NC(CC)CO)cc1C. The normalized spacial score (nSPS) is 13.2. The van der Waals surface area contributed by atoms with Gasteiger partial charge in [-0.05, 0) is 43.5 Å². The fourth-order valence-corrected chi connectivity index (χ4v) is 3.10. The highest BCUT2D eigenvalue weighted by Gasteiger charge is 2.19. The Morgan fingerprint density at radius 1 is 1.35 bits per heavy atom. The highest BCUT2D eigenvalue weighted by Crippen LogP contribution is 2.22. The summed E-state index contributed by atoms with van der Waals surface area (Å²) in [7, 11) is -3.61. The van der Waals surface area contributed by atoms with Crippen LogP contribution < -0.4 is 9.46 Å². The number of benzene rings is 1. The summed E-state index contributed by atoms with van der Waals surface area (Å²) in [5.74, 6) is 0.694. The van der Waals surface area contributed by atoms with Gasteiger partial charge in [0.05, 0.1) is 18.1 Å². The number of hydrogen-bond acceptors (Lipinski definition) is 4. The van der Waals surface area contributed by atoms with Gasteiger partial charge in [-0.25, -0.2) is 13.1 Å². The van der Waals surface area contributed by atoms with Crippen molar-refractivity contribution in [3.63, 3.8) is 0 Å². The molecule has 0 bridgehead atoms. The Labute approximate surface area is 121 Å². The number of aliphatic hydroxyl groups excluding tert-OH is 1. The molecule has 20 heavy (non-hydrogen) atoms. The van der Waals surface area contributed by atoms with Crippen LogP contribution in [0.1, 0.15) is 32.3 Å². The lowest BCUT2D eigenvalue weighted by Gasteiger charge is -2.15. The zero-order valence-electron chi connectivity index (χ0n) is 12.2. The molecule has 1 unspecified atom stereocenters. The summed E-state index contributed by atoms with van der Waals surface area (Å²) in [5, 5.41) is 9.09. The van der Waals surface area contributed by atoms with Gasteiger partial charge >= 0.3 is 0 Å². The van der Waals surface area contributed by atoms with Crippen LogP contribution in [0, 0.1) is 6.92 Å². The molecule has 5 nitrogen and oxygen atoms in total. The predicted octanol–water partition coefficient (Wildman–Crippen LogP) is 1.83. The Kier molecular flexibility index (Phi) is 6.45. The van der Waals surface area contributed by atoms with Crippen LogP contribution in [0.4, 0.5) is 0 Å². The van der Waals surface area contributed by atoms with Crippen molar-refractivity contribution >= 4 is 10.0 Å². The average Bonchev–Trinajstić information content (AvgIpc) is 2.43. The molecular weight excluding hydrogens is 278 g/mol. The number of aryl methyl sites for hydroxylation is 1. The van der Waals surface area contributed by atoms with Crippen molar-refractivity contribution in [1.82, 2.24) is 4.72 Å². The van der Waals surface area contributed by atoms with Gasteiger partial charge in [-0.1, -0.05) is 13.8 Å². The third kappa shape index (κ3) is 4.47. The van der Waals surface area contributed by atoms with Gasteiger partial charge in [-0.3, -0.25) is 0 Å². The second kappa shape index (κ2) is 7.61. The quantitative estimate of drug-likeness (QED) is 0.768. The fraction of sp³-hybridized carbons (Fsp3) is 0.571. The Hall–Kier alpha value is -1.11. The molecule has 0 aliphatic heterocycles. The molecule has 2 N–H and O–H groups in total. The van der Waals surface area contributed by atoms with E-state index >= 15 is 0 Å². The minimum Gasteiger partial charge on any atom is -0.493 e. The summed E-state index contributed by atoms with van der Waals surface area (Å²) in [6.07, 6.45) is 1.43. The van der Waals surface area contributed by atoms with Crippen molar-refractivity contribution in [1.29, 1.82) is 0 Å². The maximum absolute atomic E-state index is 12.2. The molecule has 6 heteroatoms. The van der Waals surface area contributed by atoms with Crippen molar-refractivity contribution in [2.45, 2.75) is 44.6 Å². The first-order valence-electron chi connectivity index (χ1n) is 6.81. The Morgan fingerprint density at radius 3 is 2.55 bits per heavy atom. The van der Waals surface area contributed by atoms with Gasteiger partial charge in [-0.15, -0.1) is 0 Å². The lowest BCUT2D eigenvalue weighted by atomic mass is 10.2. The van der Waals surface area contributed by atoms with Crippen molar-refractivity contribution in [2.75, 3.05) is 13.2 Å². The maximum atomic E-state index is 12.2. The molecule has 0 fully saturated rings. The molecule has 0 aliphatic rings. The number of aliphatic hydroxyl groups is 1. The van der Waals surface area contributed by atoms with Gasteiger partial charge in [-0.2, -0.15) is 0 Å². The highest BCUT2D eigenvalue weighted by molar-refractivity contribution is 7.89. The molecule has 1 atom stereocenters. The summed E-state index contributed by atoms with van der Waals surface area (Å²) in [4.78, 5) is 0.186. The zero-order valence-corrected chi connectivity index (χ0v) is 13.0. The second-order valence-electron chi connectivity index (χ2n) is 4.68. The predicted molar refractivity (Wildman–Crippen MR) is 78.5 cm³/mol. The van der Waals surface area contributed by atoms with E-state index in [0.29, 0.717) is 18.8 Å². The van der Waals surface area contributed by atoms with E-state index in [1.165, 1.54) is 6.07 Å². The van der Waals surface area contributed by atoms with Crippen molar-refractivity contribution in [3.05, 3.63) is 23.8 Å². The van der Waals surface area contributed by atoms with E-state index in [0.717, 1.165) is 12.0 Å². The topological polar surface area (TPSA) is 75.6 Å². The summed E-state index contributed by atoms with van der Waals surface area (Å²) < 4.78 is 32.4. The molecule has 114 valence electrons. The summed E-state index contributed by atoms with van der Waals surface area (Å²) >= 11 is 0. The molecule has 0 radical (unpaired) electrons. The molecule has 0 amide bonds. The van der Waals surface area contributed by atoms with Crippen LogP contribution in [-0.2, 0) is 10.0 Å². The standard InChI is InChI=1S/C14H23NO4S/c1-4-8-19-14-7-6-13(9-11(14)3)20(17,18)15-12(5-2)10-16/h6-7,9,12,15-16H,4-5,8,10H2,1-3H3. The largest absolute Gasteiger partial charge is 0.493 e. The zero-order chi connectivity index (χ0) is 15.2. The number of nitrogens with one attached hydrogen (secondary N) is 1. The maximum Gasteiger partial charge on any atom is 0.240 e. The first-order chi connectivity index (χ1) is 9.44. The van der Waals surface area contributed by atoms with Crippen LogP contribution in [-0.4, -0.2) is 32.8 Å². The molecule has 0 spiro atoms. The van der Waals surface area contributed by atoms with E-state index in [-0.39, 0.29) is 11.5 Å². The molecule has 1 rings (SSSR count). The van der Waals surface area contributed by atoms with Gasteiger partial charge < -0.3 is 9.84 Å². The Balaban J connectivity index is 2.93. The van der Waals surface area contributed by atoms with E-state index in [4.69, 9.17) is 9.84 Å². The van der Waals surface area contributed by atoms with Crippen LogP contribution in [0.25, 0.3) is 0 Å². The molecule has 1 aromatic rings. The lowest BCUT2D eigenvalue weighted by Crippen LogP contribution is -2.36. The Bertz CT molecular complexity index is 524. The average molecular weight is 301 g/mol. The molecule has 0 saturated carbocycles. The minimum atomic E-state index is -3.61. The second-order valence-corrected chi connectivity index (χ2v) is 6.40. The first kappa shape index (κ1) is 16.9. The molecule has 0 aromatic heterocycles. The summed E-state index contributed by atoms with van der Waals surface area (Å²) in [6, 6.07) is 4.30. The van der Waals surface area contributed by atoms with Crippen LogP contribution in [0.3, 0.4) is 0 Å².